The van der Waals surface area contributed by atoms with Crippen molar-refractivity contribution >= 4 is 18.3 Å². The average Bonchev–Trinajstić information content (AvgIpc) is 2.91. The van der Waals surface area contributed by atoms with E-state index in [0.29, 0.717) is 24.0 Å². The number of carbonyl (C=O) groups excluding carboxylic acids is 1. The lowest BCUT2D eigenvalue weighted by Crippen LogP contribution is -2.44. The molecule has 2 unspecified atom stereocenters. The van der Waals surface area contributed by atoms with E-state index >= 15 is 0 Å². The van der Waals surface area contributed by atoms with Crippen molar-refractivity contribution in [2.75, 3.05) is 26.3 Å². The SMILES string of the molecule is CCOc1cc(CN2CC(C)C(N)C2)ccc1OCC(=O)N(C(C)C)C(C)C.Cl. The van der Waals surface area contributed by atoms with Crippen LogP contribution in [0.3, 0.4) is 0 Å². The number of rotatable bonds is 9. The van der Waals surface area contributed by atoms with Crippen LogP contribution < -0.4 is 15.2 Å². The first-order chi connectivity index (χ1) is 13.2. The lowest BCUT2D eigenvalue weighted by molar-refractivity contribution is -0.137. The van der Waals surface area contributed by atoms with Crippen molar-refractivity contribution in [3.63, 3.8) is 0 Å². The number of carbonyl (C=O) groups is 1. The van der Waals surface area contributed by atoms with Gasteiger partial charge in [0.15, 0.2) is 18.1 Å². The van der Waals surface area contributed by atoms with E-state index in [2.05, 4.69) is 11.8 Å². The van der Waals surface area contributed by atoms with E-state index in [-0.39, 0.29) is 43.0 Å². The highest BCUT2D eigenvalue weighted by Gasteiger charge is 2.26. The topological polar surface area (TPSA) is 68.0 Å². The standard InChI is InChI=1S/C22H37N3O3.ClH/c1-7-27-21-10-18(12-24-11-17(6)19(23)13-24)8-9-20(21)28-14-22(26)25(15(2)3)16(4)5;/h8-10,15-17,19H,7,11-14,23H2,1-6H3;1H. The van der Waals surface area contributed by atoms with Crippen molar-refractivity contribution in [3.05, 3.63) is 23.8 Å². The Balaban J connectivity index is 0.00000420. The van der Waals surface area contributed by atoms with Crippen molar-refractivity contribution in [1.82, 2.24) is 9.80 Å². The zero-order valence-corrected chi connectivity index (χ0v) is 19.5. The van der Waals surface area contributed by atoms with Crippen LogP contribution in [-0.2, 0) is 11.3 Å². The Morgan fingerprint density at radius 1 is 1.17 bits per heavy atom. The first-order valence-corrected chi connectivity index (χ1v) is 10.4. The van der Waals surface area contributed by atoms with Crippen molar-refractivity contribution in [2.45, 2.75) is 66.2 Å². The van der Waals surface area contributed by atoms with E-state index in [4.69, 9.17) is 15.2 Å². The quantitative estimate of drug-likeness (QED) is 0.654. The number of amides is 1. The molecule has 29 heavy (non-hydrogen) atoms. The van der Waals surface area contributed by atoms with Gasteiger partial charge in [-0.2, -0.15) is 0 Å². The molecule has 0 bridgehead atoms. The molecule has 0 aromatic heterocycles. The van der Waals surface area contributed by atoms with Crippen molar-refractivity contribution in [1.29, 1.82) is 0 Å². The summed E-state index contributed by atoms with van der Waals surface area (Å²) in [6, 6.07) is 6.48. The first-order valence-electron chi connectivity index (χ1n) is 10.4. The summed E-state index contributed by atoms with van der Waals surface area (Å²) in [5.41, 5.74) is 7.30. The number of halogens is 1. The molecule has 0 saturated carbocycles. The molecule has 2 rings (SSSR count). The lowest BCUT2D eigenvalue weighted by atomic mass is 10.1. The summed E-state index contributed by atoms with van der Waals surface area (Å²) in [6.07, 6.45) is 0. The molecule has 2 atom stereocenters. The zero-order chi connectivity index (χ0) is 20.8. The molecule has 0 aliphatic carbocycles. The molecule has 6 nitrogen and oxygen atoms in total. The molecule has 1 saturated heterocycles. The number of likely N-dealkylation sites (tertiary alicyclic amines) is 1. The first kappa shape index (κ1) is 25.5. The fourth-order valence-corrected chi connectivity index (χ4v) is 3.91. The smallest absolute Gasteiger partial charge is 0.260 e. The Hall–Kier alpha value is -1.50. The highest BCUT2D eigenvalue weighted by molar-refractivity contribution is 5.85. The molecular formula is C22H38ClN3O3. The van der Waals surface area contributed by atoms with Crippen LogP contribution in [0.25, 0.3) is 0 Å². The van der Waals surface area contributed by atoms with Gasteiger partial charge in [0.05, 0.1) is 6.61 Å². The number of benzene rings is 1. The van der Waals surface area contributed by atoms with Gasteiger partial charge < -0.3 is 20.1 Å². The molecule has 1 aliphatic rings. The minimum absolute atomic E-state index is 0. The van der Waals surface area contributed by atoms with Gasteiger partial charge >= 0.3 is 0 Å². The second-order valence-corrected chi connectivity index (χ2v) is 8.33. The van der Waals surface area contributed by atoms with E-state index < -0.39 is 0 Å². The van der Waals surface area contributed by atoms with Crippen molar-refractivity contribution < 1.29 is 14.3 Å². The number of hydrogen-bond donors (Lipinski definition) is 1. The number of hydrogen-bond acceptors (Lipinski definition) is 5. The van der Waals surface area contributed by atoms with E-state index in [1.54, 1.807) is 0 Å². The third-order valence-corrected chi connectivity index (χ3v) is 5.21. The monoisotopic (exact) mass is 427 g/mol. The van der Waals surface area contributed by atoms with Gasteiger partial charge in [0.1, 0.15) is 0 Å². The van der Waals surface area contributed by atoms with Gasteiger partial charge in [-0.1, -0.05) is 13.0 Å². The summed E-state index contributed by atoms with van der Waals surface area (Å²) in [5.74, 6) is 1.80. The van der Waals surface area contributed by atoms with Gasteiger partial charge in [0, 0.05) is 37.8 Å². The molecule has 1 aromatic rings. The molecule has 0 spiro atoms. The van der Waals surface area contributed by atoms with Crippen LogP contribution in [0, 0.1) is 5.92 Å². The third kappa shape index (κ3) is 7.05. The van der Waals surface area contributed by atoms with E-state index in [0.717, 1.165) is 25.2 Å². The summed E-state index contributed by atoms with van der Waals surface area (Å²) >= 11 is 0. The lowest BCUT2D eigenvalue weighted by Gasteiger charge is -2.30. The second kappa shape index (κ2) is 11.6. The highest BCUT2D eigenvalue weighted by atomic mass is 35.5. The number of nitrogens with two attached hydrogens (primary N) is 1. The van der Waals surface area contributed by atoms with Gasteiger partial charge in [-0.15, -0.1) is 12.4 Å². The summed E-state index contributed by atoms with van der Waals surface area (Å²) in [7, 11) is 0. The molecule has 2 N–H and O–H groups in total. The minimum atomic E-state index is -0.0171. The van der Waals surface area contributed by atoms with Crippen molar-refractivity contribution in [2.24, 2.45) is 11.7 Å². The van der Waals surface area contributed by atoms with Crippen LogP contribution in [0.5, 0.6) is 11.5 Å². The fourth-order valence-electron chi connectivity index (χ4n) is 3.91. The molecule has 1 aliphatic heterocycles. The van der Waals surface area contributed by atoms with Crippen LogP contribution in [0.15, 0.2) is 18.2 Å². The Bertz CT molecular complexity index is 636. The maximum atomic E-state index is 12.6. The van der Waals surface area contributed by atoms with Crippen LogP contribution >= 0.6 is 12.4 Å². The summed E-state index contributed by atoms with van der Waals surface area (Å²) < 4.78 is 11.6. The van der Waals surface area contributed by atoms with Gasteiger partial charge in [0.2, 0.25) is 0 Å². The normalized spacial score (nSPS) is 19.3. The largest absolute Gasteiger partial charge is 0.490 e. The second-order valence-electron chi connectivity index (χ2n) is 8.33. The Morgan fingerprint density at radius 3 is 2.34 bits per heavy atom. The Labute approximate surface area is 182 Å². The highest BCUT2D eigenvalue weighted by Crippen LogP contribution is 2.30. The third-order valence-electron chi connectivity index (χ3n) is 5.21. The summed E-state index contributed by atoms with van der Waals surface area (Å²) in [5, 5.41) is 0. The average molecular weight is 428 g/mol. The predicted octanol–water partition coefficient (Wildman–Crippen LogP) is 3.31. The van der Waals surface area contributed by atoms with Gasteiger partial charge in [-0.3, -0.25) is 9.69 Å². The Kier molecular flexibility index (Phi) is 10.2. The van der Waals surface area contributed by atoms with Gasteiger partial charge in [-0.25, -0.2) is 0 Å². The Morgan fingerprint density at radius 2 is 1.83 bits per heavy atom. The van der Waals surface area contributed by atoms with Gasteiger partial charge in [-0.05, 0) is 58.2 Å². The number of ether oxygens (including phenoxy) is 2. The summed E-state index contributed by atoms with van der Waals surface area (Å²) in [4.78, 5) is 16.8. The molecule has 1 fully saturated rings. The molecule has 1 aromatic carbocycles. The van der Waals surface area contributed by atoms with E-state index in [1.165, 1.54) is 0 Å². The van der Waals surface area contributed by atoms with E-state index in [1.807, 2.05) is 57.7 Å². The maximum Gasteiger partial charge on any atom is 0.260 e. The fraction of sp³-hybridized carbons (Fsp3) is 0.682. The van der Waals surface area contributed by atoms with Gasteiger partial charge in [0.25, 0.3) is 5.91 Å². The van der Waals surface area contributed by atoms with Crippen LogP contribution in [0.4, 0.5) is 0 Å². The summed E-state index contributed by atoms with van der Waals surface area (Å²) in [6.45, 7) is 15.5. The molecule has 0 radical (unpaired) electrons. The van der Waals surface area contributed by atoms with Crippen LogP contribution in [0.2, 0.25) is 0 Å². The molecule has 7 heteroatoms. The molecular weight excluding hydrogens is 390 g/mol. The van der Waals surface area contributed by atoms with E-state index in [9.17, 15) is 4.79 Å². The molecule has 1 amide bonds. The zero-order valence-electron chi connectivity index (χ0n) is 18.7. The molecule has 1 heterocycles. The van der Waals surface area contributed by atoms with Crippen molar-refractivity contribution in [3.8, 4) is 11.5 Å². The van der Waals surface area contributed by atoms with Crippen LogP contribution in [-0.4, -0.2) is 60.1 Å². The van der Waals surface area contributed by atoms with Crippen LogP contribution in [0.1, 0.15) is 47.1 Å². The molecule has 166 valence electrons. The maximum absolute atomic E-state index is 12.6. The minimum Gasteiger partial charge on any atom is -0.490 e. The number of nitrogens with zero attached hydrogens (tertiary/aromatic N) is 2. The predicted molar refractivity (Wildman–Crippen MR) is 120 cm³/mol.